The third-order valence-corrected chi connectivity index (χ3v) is 9.29. The number of carbonyl (C=O) groups is 1. The molecular weight excluding hydrogens is 310 g/mol. The van der Waals surface area contributed by atoms with Crippen molar-refractivity contribution in [3.8, 4) is 0 Å². The number of rotatable bonds is 2. The molecule has 1 amide bonds. The van der Waals surface area contributed by atoms with Crippen molar-refractivity contribution in [3.05, 3.63) is 12.7 Å². The maximum Gasteiger partial charge on any atom is 0.222 e. The van der Waals surface area contributed by atoms with Crippen molar-refractivity contribution in [2.24, 2.45) is 34.5 Å². The smallest absolute Gasteiger partial charge is 0.222 e. The van der Waals surface area contributed by atoms with Gasteiger partial charge in [0, 0.05) is 19.5 Å². The van der Waals surface area contributed by atoms with Crippen LogP contribution in [0.4, 0.5) is 0 Å². The van der Waals surface area contributed by atoms with Gasteiger partial charge in [0.1, 0.15) is 0 Å². The molecule has 1 aliphatic heterocycles. The van der Waals surface area contributed by atoms with E-state index in [0.29, 0.717) is 36.1 Å². The normalized spacial score (nSPS) is 52.3. The van der Waals surface area contributed by atoms with Gasteiger partial charge in [-0.2, -0.15) is 0 Å². The van der Waals surface area contributed by atoms with Gasteiger partial charge in [0.15, 0.2) is 0 Å². The first-order valence-corrected chi connectivity index (χ1v) is 10.4. The molecular formula is C22H35NO2. The highest BCUT2D eigenvalue weighted by Gasteiger charge is 2.63. The van der Waals surface area contributed by atoms with Crippen LogP contribution in [0.5, 0.6) is 0 Å². The number of nitrogens with zero attached hydrogens (tertiary/aromatic N) is 1. The second-order valence-electron chi connectivity index (χ2n) is 9.90. The van der Waals surface area contributed by atoms with Crippen LogP contribution in [-0.4, -0.2) is 35.1 Å². The summed E-state index contributed by atoms with van der Waals surface area (Å²) in [6.07, 6.45) is 10.5. The Bertz CT molecular complexity index is 574. The highest BCUT2D eigenvalue weighted by molar-refractivity contribution is 5.78. The van der Waals surface area contributed by atoms with Crippen LogP contribution in [0.1, 0.15) is 65.2 Å². The molecule has 4 fully saturated rings. The van der Waals surface area contributed by atoms with Crippen LogP contribution in [0.15, 0.2) is 12.7 Å². The summed E-state index contributed by atoms with van der Waals surface area (Å²) in [6.45, 7) is 8.82. The van der Waals surface area contributed by atoms with Crippen LogP contribution < -0.4 is 0 Å². The Labute approximate surface area is 152 Å². The van der Waals surface area contributed by atoms with Crippen LogP contribution >= 0.6 is 0 Å². The van der Waals surface area contributed by atoms with Crippen LogP contribution in [0.2, 0.25) is 0 Å². The number of likely N-dealkylation sites (tertiary alicyclic amines) is 1. The molecule has 0 spiro atoms. The summed E-state index contributed by atoms with van der Waals surface area (Å²) in [5.41, 5.74) is 0.337. The molecule has 0 bridgehead atoms. The second-order valence-corrected chi connectivity index (χ2v) is 9.90. The van der Waals surface area contributed by atoms with E-state index in [0.717, 1.165) is 31.6 Å². The lowest BCUT2D eigenvalue weighted by molar-refractivity contribution is -0.173. The van der Waals surface area contributed by atoms with E-state index in [4.69, 9.17) is 0 Å². The topological polar surface area (TPSA) is 40.5 Å². The van der Waals surface area contributed by atoms with Crippen LogP contribution in [-0.2, 0) is 4.79 Å². The number of aliphatic hydroxyl groups is 1. The lowest BCUT2D eigenvalue weighted by Crippen LogP contribution is -2.64. The highest BCUT2D eigenvalue weighted by Crippen LogP contribution is 2.66. The summed E-state index contributed by atoms with van der Waals surface area (Å²) >= 11 is 0. The molecule has 8 atom stereocenters. The zero-order chi connectivity index (χ0) is 18.0. The molecule has 1 N–H and O–H groups in total. The van der Waals surface area contributed by atoms with E-state index in [1.165, 1.54) is 19.3 Å². The lowest BCUT2D eigenvalue weighted by Gasteiger charge is -2.64. The van der Waals surface area contributed by atoms with E-state index >= 15 is 0 Å². The number of fused-ring (bicyclic) bond motifs is 5. The van der Waals surface area contributed by atoms with E-state index in [2.05, 4.69) is 25.3 Å². The molecule has 3 heteroatoms. The molecule has 3 saturated carbocycles. The van der Waals surface area contributed by atoms with Gasteiger partial charge in [0.2, 0.25) is 5.91 Å². The lowest BCUT2D eigenvalue weighted by atomic mass is 9.45. The fourth-order valence-corrected chi connectivity index (χ4v) is 7.82. The van der Waals surface area contributed by atoms with Gasteiger partial charge in [0.05, 0.1) is 6.10 Å². The molecule has 0 unspecified atom stereocenters. The molecule has 4 aliphatic rings. The van der Waals surface area contributed by atoms with E-state index < -0.39 is 0 Å². The maximum absolute atomic E-state index is 12.6. The molecule has 3 aliphatic carbocycles. The van der Waals surface area contributed by atoms with Gasteiger partial charge < -0.3 is 10.0 Å². The van der Waals surface area contributed by atoms with Crippen molar-refractivity contribution in [3.63, 3.8) is 0 Å². The predicted molar refractivity (Wildman–Crippen MR) is 99.9 cm³/mol. The van der Waals surface area contributed by atoms with Gasteiger partial charge in [-0.05, 0) is 79.4 Å². The molecule has 1 saturated heterocycles. The van der Waals surface area contributed by atoms with E-state index in [1.54, 1.807) is 0 Å². The Morgan fingerprint density at radius 3 is 2.68 bits per heavy atom. The van der Waals surface area contributed by atoms with Crippen molar-refractivity contribution in [1.29, 1.82) is 0 Å². The third-order valence-electron chi connectivity index (χ3n) is 9.29. The quantitative estimate of drug-likeness (QED) is 0.768. The number of amides is 1. The van der Waals surface area contributed by atoms with E-state index in [-0.39, 0.29) is 16.9 Å². The Morgan fingerprint density at radius 1 is 1.20 bits per heavy atom. The fourth-order valence-electron chi connectivity index (χ4n) is 7.82. The third kappa shape index (κ3) is 2.23. The van der Waals surface area contributed by atoms with Crippen LogP contribution in [0.3, 0.4) is 0 Å². The zero-order valence-corrected chi connectivity index (χ0v) is 16.2. The molecule has 4 rings (SSSR count). The molecule has 0 radical (unpaired) electrons. The van der Waals surface area contributed by atoms with E-state index in [9.17, 15) is 9.90 Å². The first-order chi connectivity index (χ1) is 11.8. The first-order valence-electron chi connectivity index (χ1n) is 10.4. The SMILES string of the molecule is C=CC[C@@H]1CC(=O)N(C)[C@@H]2CC[C@H]3[C@@H]4CC[C@H](O)[C@@]4(C)CC[C@@H]3[C@@]12C. The number of hydrogen-bond acceptors (Lipinski definition) is 2. The first kappa shape index (κ1) is 17.6. The Morgan fingerprint density at radius 2 is 1.96 bits per heavy atom. The fraction of sp³-hybridized carbons (Fsp3) is 0.864. The Balaban J connectivity index is 1.71. The van der Waals surface area contributed by atoms with Crippen molar-refractivity contribution in [2.45, 2.75) is 77.4 Å². The van der Waals surface area contributed by atoms with Gasteiger partial charge in [0.25, 0.3) is 0 Å². The Kier molecular flexibility index (Phi) is 4.10. The minimum Gasteiger partial charge on any atom is -0.393 e. The zero-order valence-electron chi connectivity index (χ0n) is 16.2. The molecule has 140 valence electrons. The van der Waals surface area contributed by atoms with Gasteiger partial charge >= 0.3 is 0 Å². The summed E-state index contributed by atoms with van der Waals surface area (Å²) in [6, 6.07) is 0.385. The van der Waals surface area contributed by atoms with Crippen LogP contribution in [0, 0.1) is 34.5 Å². The summed E-state index contributed by atoms with van der Waals surface area (Å²) < 4.78 is 0. The van der Waals surface area contributed by atoms with Gasteiger partial charge in [-0.15, -0.1) is 6.58 Å². The average molecular weight is 346 g/mol. The molecule has 25 heavy (non-hydrogen) atoms. The number of carbonyl (C=O) groups excluding carboxylic acids is 1. The largest absolute Gasteiger partial charge is 0.393 e. The maximum atomic E-state index is 12.6. The van der Waals surface area contributed by atoms with Crippen molar-refractivity contribution in [2.75, 3.05) is 7.05 Å². The molecule has 0 aromatic carbocycles. The summed E-state index contributed by atoms with van der Waals surface area (Å²) in [4.78, 5) is 14.6. The minimum absolute atomic E-state index is 0.108. The van der Waals surface area contributed by atoms with Crippen LogP contribution in [0.25, 0.3) is 0 Å². The average Bonchev–Trinajstić information content (AvgIpc) is 2.88. The number of aliphatic hydroxyl groups excluding tert-OH is 1. The minimum atomic E-state index is -0.108. The van der Waals surface area contributed by atoms with Crippen molar-refractivity contribution < 1.29 is 9.90 Å². The molecule has 0 aromatic rings. The summed E-state index contributed by atoms with van der Waals surface area (Å²) in [5.74, 6) is 2.85. The number of hydrogen-bond donors (Lipinski definition) is 1. The van der Waals surface area contributed by atoms with Crippen molar-refractivity contribution in [1.82, 2.24) is 4.90 Å². The molecule has 3 nitrogen and oxygen atoms in total. The van der Waals surface area contributed by atoms with Gasteiger partial charge in [-0.3, -0.25) is 4.79 Å². The second kappa shape index (κ2) is 5.84. The van der Waals surface area contributed by atoms with E-state index in [1.807, 2.05) is 13.1 Å². The number of allylic oxidation sites excluding steroid dienone is 1. The monoisotopic (exact) mass is 345 g/mol. The predicted octanol–water partition coefficient (Wildman–Crippen LogP) is 4.01. The summed E-state index contributed by atoms with van der Waals surface area (Å²) in [7, 11) is 2.03. The standard InChI is InChI=1S/C22H35NO2/c1-5-6-14-13-20(25)23(4)18-9-7-15-16-8-10-19(24)21(16,2)12-11-17(15)22(14,18)3/h5,14-19,24H,1,6-13H2,2-4H3/t14-,15+,16+,17+,18-,19+,21+,22-/m1/s1. The van der Waals surface area contributed by atoms with Gasteiger partial charge in [-0.1, -0.05) is 19.9 Å². The Hall–Kier alpha value is -0.830. The van der Waals surface area contributed by atoms with Crippen molar-refractivity contribution >= 4 is 5.91 Å². The number of piperidine rings is 1. The van der Waals surface area contributed by atoms with Gasteiger partial charge in [-0.25, -0.2) is 0 Å². The summed E-state index contributed by atoms with van der Waals surface area (Å²) in [5, 5.41) is 10.6. The highest BCUT2D eigenvalue weighted by atomic mass is 16.3. The molecule has 1 heterocycles. The molecule has 0 aromatic heterocycles.